The lowest BCUT2D eigenvalue weighted by Crippen LogP contribution is -2.14. The summed E-state index contributed by atoms with van der Waals surface area (Å²) in [6.07, 6.45) is 6.05. The molecule has 1 aliphatic heterocycles. The molecule has 5 atom stereocenters. The molecule has 0 amide bonds. The third-order valence-corrected chi connectivity index (χ3v) is 8.80. The highest BCUT2D eigenvalue weighted by atomic mass is 33.1. The van der Waals surface area contributed by atoms with Gasteiger partial charge in [-0.25, -0.2) is 0 Å². The molecule has 1 aliphatic rings. The molecule has 0 aromatic carbocycles. The van der Waals surface area contributed by atoms with Crippen LogP contribution in [0.25, 0.3) is 0 Å². The van der Waals surface area contributed by atoms with Crippen LogP contribution >= 0.6 is 33.6 Å². The second-order valence-electron chi connectivity index (χ2n) is 4.27. The largest absolute Gasteiger partial charge is 0.329 e. The van der Waals surface area contributed by atoms with Crippen LogP contribution in [0.5, 0.6) is 0 Å². The van der Waals surface area contributed by atoms with Gasteiger partial charge in [0, 0.05) is 34.3 Å². The quantitative estimate of drug-likeness (QED) is 0.331. The molecular formula is C12H20O2S4. The predicted octanol–water partition coefficient (Wildman–Crippen LogP) is 4.05. The summed E-state index contributed by atoms with van der Waals surface area (Å²) in [5.41, 5.74) is 0. The molecule has 0 aliphatic carbocycles. The number of hydrogen-bond acceptors (Lipinski definition) is 5. The first-order chi connectivity index (χ1) is 8.63. The minimum Gasteiger partial charge on any atom is -0.329 e. The second kappa shape index (κ2) is 8.74. The molecule has 5 unspecified atom stereocenters. The van der Waals surface area contributed by atoms with E-state index in [9.17, 15) is 8.76 Å². The fourth-order valence-corrected chi connectivity index (χ4v) is 6.55. The third-order valence-electron chi connectivity index (χ3n) is 3.14. The van der Waals surface area contributed by atoms with Crippen molar-refractivity contribution in [1.82, 2.24) is 0 Å². The highest BCUT2D eigenvalue weighted by molar-refractivity contribution is 8.76. The first-order valence-electron chi connectivity index (χ1n) is 5.85. The molecule has 0 bridgehead atoms. The minimum atomic E-state index is -0.974. The van der Waals surface area contributed by atoms with Gasteiger partial charge < -0.3 is 4.55 Å². The van der Waals surface area contributed by atoms with E-state index in [2.05, 4.69) is 32.6 Å². The lowest BCUT2D eigenvalue weighted by atomic mass is 9.94. The van der Waals surface area contributed by atoms with E-state index in [4.69, 9.17) is 0 Å². The molecule has 1 rings (SSSR count). The summed E-state index contributed by atoms with van der Waals surface area (Å²) in [4.78, 5) is 0. The Morgan fingerprint density at radius 2 is 1.94 bits per heavy atom. The first-order valence-corrected chi connectivity index (χ1v) is 10.4. The van der Waals surface area contributed by atoms with Crippen molar-refractivity contribution in [3.8, 4) is 0 Å². The van der Waals surface area contributed by atoms with Crippen molar-refractivity contribution in [1.29, 1.82) is 0 Å². The van der Waals surface area contributed by atoms with Crippen molar-refractivity contribution < 1.29 is 8.76 Å². The zero-order valence-corrected chi connectivity index (χ0v) is 13.9. The topological polar surface area (TPSA) is 37.3 Å². The van der Waals surface area contributed by atoms with Crippen molar-refractivity contribution >= 4 is 44.4 Å². The molecule has 1 saturated heterocycles. The Hall–Kier alpha value is 0.640. The summed E-state index contributed by atoms with van der Waals surface area (Å²) in [7, 11) is 2.57. The lowest BCUT2D eigenvalue weighted by Gasteiger charge is -2.13. The van der Waals surface area contributed by atoms with Crippen LogP contribution in [-0.4, -0.2) is 30.1 Å². The van der Waals surface area contributed by atoms with E-state index in [1.807, 2.05) is 6.08 Å². The van der Waals surface area contributed by atoms with E-state index in [1.165, 1.54) is 0 Å². The van der Waals surface area contributed by atoms with Gasteiger partial charge in [-0.1, -0.05) is 53.7 Å². The van der Waals surface area contributed by atoms with E-state index >= 15 is 0 Å². The van der Waals surface area contributed by atoms with Crippen LogP contribution < -0.4 is 0 Å². The molecule has 1 fully saturated rings. The van der Waals surface area contributed by atoms with Crippen molar-refractivity contribution in [2.24, 2.45) is 11.8 Å². The smallest absolute Gasteiger partial charge is 0.109 e. The molecule has 18 heavy (non-hydrogen) atoms. The predicted molar refractivity (Wildman–Crippen MR) is 88.5 cm³/mol. The summed E-state index contributed by atoms with van der Waals surface area (Å²) in [6, 6.07) is 0. The summed E-state index contributed by atoms with van der Waals surface area (Å²) in [5.74, 6) is 2.52. The highest BCUT2D eigenvalue weighted by Crippen LogP contribution is 2.40. The van der Waals surface area contributed by atoms with Gasteiger partial charge in [0.15, 0.2) is 0 Å². The summed E-state index contributed by atoms with van der Waals surface area (Å²) >= 11 is 0.752. The van der Waals surface area contributed by atoms with Crippen molar-refractivity contribution in [2.75, 3.05) is 11.5 Å². The molecule has 2 nitrogen and oxygen atoms in total. The van der Waals surface area contributed by atoms with Crippen molar-refractivity contribution in [3.63, 3.8) is 0 Å². The van der Waals surface area contributed by atoms with Crippen LogP contribution in [-0.2, 0) is 10.8 Å². The zero-order chi connectivity index (χ0) is 13.5. The Balaban J connectivity index is 2.44. The SMILES string of the molecule is C=CCSSC/C=C/C1C(C)C(C)C(SO)S1=O. The van der Waals surface area contributed by atoms with Gasteiger partial charge in [-0.05, 0) is 11.8 Å². The van der Waals surface area contributed by atoms with Gasteiger partial charge in [0.2, 0.25) is 0 Å². The summed E-state index contributed by atoms with van der Waals surface area (Å²) in [6.45, 7) is 7.86. The molecule has 0 saturated carbocycles. The van der Waals surface area contributed by atoms with Crippen LogP contribution in [0.1, 0.15) is 13.8 Å². The third kappa shape index (κ3) is 4.34. The normalized spacial score (nSPS) is 36.3. The molecule has 0 aromatic heterocycles. The van der Waals surface area contributed by atoms with Crippen molar-refractivity contribution in [3.05, 3.63) is 24.8 Å². The fraction of sp³-hybridized carbons (Fsp3) is 0.667. The molecule has 0 aromatic rings. The van der Waals surface area contributed by atoms with Gasteiger partial charge >= 0.3 is 0 Å². The standard InChI is InChI=1S/C12H20O2S4/c1-4-7-15-16-8-5-6-11-9(2)10(3)12(17-13)18(11)14/h4-6,9-13H,1,7-8H2,2-3H3/b6-5+. The van der Waals surface area contributed by atoms with Gasteiger partial charge in [0.25, 0.3) is 0 Å². The Morgan fingerprint density at radius 3 is 2.50 bits per heavy atom. The fourth-order valence-electron chi connectivity index (χ4n) is 1.89. The molecule has 1 heterocycles. The van der Waals surface area contributed by atoms with E-state index in [0.717, 1.165) is 23.5 Å². The van der Waals surface area contributed by atoms with Gasteiger partial charge in [-0.2, -0.15) is 0 Å². The maximum absolute atomic E-state index is 12.2. The monoisotopic (exact) mass is 324 g/mol. The molecule has 6 heteroatoms. The van der Waals surface area contributed by atoms with Crippen molar-refractivity contribution in [2.45, 2.75) is 23.7 Å². The maximum Gasteiger partial charge on any atom is 0.109 e. The Bertz CT molecular complexity index is 319. The van der Waals surface area contributed by atoms with Gasteiger partial charge in [-0.15, -0.1) is 6.58 Å². The van der Waals surface area contributed by atoms with Crippen LogP contribution in [0.2, 0.25) is 0 Å². The van der Waals surface area contributed by atoms with Crippen LogP contribution in [0.15, 0.2) is 24.8 Å². The first kappa shape index (κ1) is 16.7. The molecule has 0 radical (unpaired) electrons. The van der Waals surface area contributed by atoms with E-state index in [-0.39, 0.29) is 9.83 Å². The molecule has 0 spiro atoms. The van der Waals surface area contributed by atoms with Gasteiger partial charge in [0.1, 0.15) is 4.58 Å². The van der Waals surface area contributed by atoms with E-state index in [0.29, 0.717) is 11.8 Å². The molecule has 104 valence electrons. The van der Waals surface area contributed by atoms with Crippen LogP contribution in [0, 0.1) is 11.8 Å². The summed E-state index contributed by atoms with van der Waals surface area (Å²) in [5, 5.41) is 0.0784. The van der Waals surface area contributed by atoms with Gasteiger partial charge in [0.05, 0.1) is 5.25 Å². The zero-order valence-electron chi connectivity index (χ0n) is 10.7. The number of rotatable bonds is 7. The number of hydrogen-bond donors (Lipinski definition) is 1. The van der Waals surface area contributed by atoms with Crippen LogP contribution in [0.4, 0.5) is 0 Å². The van der Waals surface area contributed by atoms with E-state index < -0.39 is 10.8 Å². The van der Waals surface area contributed by atoms with Gasteiger partial charge in [-0.3, -0.25) is 4.21 Å². The molecule has 1 N–H and O–H groups in total. The minimum absolute atomic E-state index is 0.0784. The van der Waals surface area contributed by atoms with E-state index in [1.54, 1.807) is 21.6 Å². The highest BCUT2D eigenvalue weighted by Gasteiger charge is 2.43. The Kier molecular flexibility index (Phi) is 8.11. The van der Waals surface area contributed by atoms with Crippen LogP contribution in [0.3, 0.4) is 0 Å². The molecular weight excluding hydrogens is 304 g/mol. The summed E-state index contributed by atoms with van der Waals surface area (Å²) < 4.78 is 21.2. The Morgan fingerprint density at radius 1 is 1.28 bits per heavy atom. The average molecular weight is 325 g/mol. The second-order valence-corrected chi connectivity index (χ2v) is 9.55. The Labute approximate surface area is 125 Å². The lowest BCUT2D eigenvalue weighted by molar-refractivity contribution is 0.447. The maximum atomic E-state index is 12.2. The average Bonchev–Trinajstić information content (AvgIpc) is 2.56.